The zero-order valence-corrected chi connectivity index (χ0v) is 13.0. The van der Waals surface area contributed by atoms with Crippen molar-refractivity contribution in [3.8, 4) is 0 Å². The first kappa shape index (κ1) is 15.8. The summed E-state index contributed by atoms with van der Waals surface area (Å²) in [5.74, 6) is -0.941. The monoisotopic (exact) mass is 309 g/mol. The molecule has 0 aliphatic carbocycles. The highest BCUT2D eigenvalue weighted by molar-refractivity contribution is 6.35. The van der Waals surface area contributed by atoms with Gasteiger partial charge in [0.15, 0.2) is 0 Å². The summed E-state index contributed by atoms with van der Waals surface area (Å²) in [7, 11) is 0. The molecule has 1 aromatic rings. The fraction of sp³-hybridized carbons (Fsp3) is 0.467. The Bertz CT molecular complexity index is 530. The van der Waals surface area contributed by atoms with Crippen molar-refractivity contribution in [2.24, 2.45) is 5.73 Å². The fourth-order valence-electron chi connectivity index (χ4n) is 2.68. The largest absolute Gasteiger partial charge is 0.333 e. The summed E-state index contributed by atoms with van der Waals surface area (Å²) in [5, 5.41) is 0.625. The summed E-state index contributed by atoms with van der Waals surface area (Å²) in [6, 6.07) is 6.62. The van der Waals surface area contributed by atoms with Crippen molar-refractivity contribution >= 4 is 23.4 Å². The van der Waals surface area contributed by atoms with Gasteiger partial charge in [-0.3, -0.25) is 9.59 Å². The van der Waals surface area contributed by atoms with Gasteiger partial charge in [0.2, 0.25) is 0 Å². The molecule has 2 rings (SSSR count). The van der Waals surface area contributed by atoms with Crippen LogP contribution in [0.2, 0.25) is 5.02 Å². The summed E-state index contributed by atoms with van der Waals surface area (Å²) < 4.78 is 0. The first-order chi connectivity index (χ1) is 9.95. The number of hydrogen-bond donors (Lipinski definition) is 1. The Morgan fingerprint density at radius 2 is 1.81 bits per heavy atom. The number of amides is 2. The molecule has 0 radical (unpaired) electrons. The number of nitrogens with zero attached hydrogens (tertiary/aromatic N) is 2. The number of piperazine rings is 1. The Morgan fingerprint density at radius 1 is 1.19 bits per heavy atom. The van der Waals surface area contributed by atoms with E-state index in [1.807, 2.05) is 26.0 Å². The molecule has 1 aromatic carbocycles. The predicted molar refractivity (Wildman–Crippen MR) is 81.8 cm³/mol. The molecule has 0 saturated carbocycles. The lowest BCUT2D eigenvalue weighted by Gasteiger charge is -2.39. The third-order valence-electron chi connectivity index (χ3n) is 3.77. The summed E-state index contributed by atoms with van der Waals surface area (Å²) in [6.45, 7) is 5.28. The maximum atomic E-state index is 12.3. The number of carbonyl (C=O) groups is 2. The molecule has 21 heavy (non-hydrogen) atoms. The molecule has 1 heterocycles. The molecule has 2 amide bonds. The molecule has 0 spiro atoms. The molecular weight excluding hydrogens is 290 g/mol. The van der Waals surface area contributed by atoms with Crippen LogP contribution < -0.4 is 5.73 Å². The van der Waals surface area contributed by atoms with E-state index in [2.05, 4.69) is 0 Å². The summed E-state index contributed by atoms with van der Waals surface area (Å²) in [4.78, 5) is 27.5. The quantitative estimate of drug-likeness (QED) is 0.855. The molecule has 2 unspecified atom stereocenters. The Hall–Kier alpha value is -1.59. The van der Waals surface area contributed by atoms with Gasteiger partial charge in [-0.1, -0.05) is 23.7 Å². The van der Waals surface area contributed by atoms with Crippen LogP contribution in [-0.2, 0) is 9.59 Å². The Labute approximate surface area is 129 Å². The van der Waals surface area contributed by atoms with E-state index in [0.29, 0.717) is 24.7 Å². The van der Waals surface area contributed by atoms with Crippen molar-refractivity contribution < 1.29 is 9.59 Å². The van der Waals surface area contributed by atoms with Gasteiger partial charge in [-0.25, -0.2) is 0 Å². The minimum atomic E-state index is -0.486. The van der Waals surface area contributed by atoms with Crippen molar-refractivity contribution in [1.82, 2.24) is 9.80 Å². The maximum absolute atomic E-state index is 12.3. The fourth-order valence-corrected chi connectivity index (χ4v) is 2.81. The van der Waals surface area contributed by atoms with Gasteiger partial charge in [0.1, 0.15) is 0 Å². The van der Waals surface area contributed by atoms with E-state index in [0.717, 1.165) is 5.56 Å². The Morgan fingerprint density at radius 3 is 2.33 bits per heavy atom. The molecule has 114 valence electrons. The number of nitrogens with two attached hydrogens (primary N) is 1. The summed E-state index contributed by atoms with van der Waals surface area (Å²) in [5.41, 5.74) is 6.95. The highest BCUT2D eigenvalue weighted by atomic mass is 35.5. The lowest BCUT2D eigenvalue weighted by atomic mass is 9.98. The molecule has 0 bridgehead atoms. The van der Waals surface area contributed by atoms with Crippen molar-refractivity contribution in [3.63, 3.8) is 0 Å². The van der Waals surface area contributed by atoms with Gasteiger partial charge < -0.3 is 15.5 Å². The van der Waals surface area contributed by atoms with Gasteiger partial charge in [-0.2, -0.15) is 0 Å². The first-order valence-electron chi connectivity index (χ1n) is 7.06. The molecular formula is C15H20ClN3O2. The van der Waals surface area contributed by atoms with E-state index in [-0.39, 0.29) is 12.1 Å². The molecule has 2 atom stereocenters. The van der Waals surface area contributed by atoms with Crippen molar-refractivity contribution in [3.05, 3.63) is 34.9 Å². The maximum Gasteiger partial charge on any atom is 0.312 e. The van der Waals surface area contributed by atoms with Gasteiger partial charge in [0.05, 0.1) is 6.04 Å². The summed E-state index contributed by atoms with van der Waals surface area (Å²) in [6.07, 6.45) is 0. The number of hydrogen-bond acceptors (Lipinski definition) is 3. The van der Waals surface area contributed by atoms with Crippen molar-refractivity contribution in [2.75, 3.05) is 19.6 Å². The summed E-state index contributed by atoms with van der Waals surface area (Å²) >= 11 is 5.90. The van der Waals surface area contributed by atoms with E-state index in [1.54, 1.807) is 21.9 Å². The lowest BCUT2D eigenvalue weighted by Crippen LogP contribution is -2.57. The number of halogens is 1. The van der Waals surface area contributed by atoms with Crippen LogP contribution in [0.25, 0.3) is 0 Å². The normalized spacial score (nSPS) is 18.9. The van der Waals surface area contributed by atoms with Gasteiger partial charge in [0.25, 0.3) is 0 Å². The topological polar surface area (TPSA) is 66.6 Å². The van der Waals surface area contributed by atoms with Crippen LogP contribution in [0.4, 0.5) is 0 Å². The Kier molecular flexibility index (Phi) is 4.85. The van der Waals surface area contributed by atoms with Gasteiger partial charge in [-0.15, -0.1) is 0 Å². The third kappa shape index (κ3) is 3.19. The second-order valence-electron chi connectivity index (χ2n) is 5.24. The standard InChI is InChI=1S/C15H20ClN3O2/c1-3-18-8-9-19(15(21)14(18)20)13(10(2)17)11-4-6-12(16)7-5-11/h4-7,10,13H,3,8-9,17H2,1-2H3. The van der Waals surface area contributed by atoms with E-state index < -0.39 is 11.8 Å². The van der Waals surface area contributed by atoms with Crippen LogP contribution in [0.15, 0.2) is 24.3 Å². The smallest absolute Gasteiger partial charge is 0.312 e. The van der Waals surface area contributed by atoms with E-state index >= 15 is 0 Å². The van der Waals surface area contributed by atoms with E-state index in [1.165, 1.54) is 0 Å². The highest BCUT2D eigenvalue weighted by Gasteiger charge is 2.37. The number of likely N-dealkylation sites (N-methyl/N-ethyl adjacent to an activating group) is 1. The molecule has 0 aromatic heterocycles. The minimum absolute atomic E-state index is 0.281. The number of benzene rings is 1. The molecule has 5 nitrogen and oxygen atoms in total. The average molecular weight is 310 g/mol. The average Bonchev–Trinajstić information content (AvgIpc) is 2.45. The zero-order chi connectivity index (χ0) is 15.6. The molecule has 1 aliphatic rings. The molecule has 6 heteroatoms. The van der Waals surface area contributed by atoms with E-state index in [9.17, 15) is 9.59 Å². The van der Waals surface area contributed by atoms with Crippen LogP contribution in [0.5, 0.6) is 0 Å². The second-order valence-corrected chi connectivity index (χ2v) is 5.68. The van der Waals surface area contributed by atoms with E-state index in [4.69, 9.17) is 17.3 Å². The number of carbonyl (C=O) groups excluding carboxylic acids is 2. The Balaban J connectivity index is 2.29. The lowest BCUT2D eigenvalue weighted by molar-refractivity contribution is -0.158. The van der Waals surface area contributed by atoms with Crippen LogP contribution in [0, 0.1) is 0 Å². The van der Waals surface area contributed by atoms with Crippen LogP contribution in [0.1, 0.15) is 25.5 Å². The number of rotatable bonds is 4. The van der Waals surface area contributed by atoms with Gasteiger partial charge in [0, 0.05) is 30.7 Å². The highest BCUT2D eigenvalue weighted by Crippen LogP contribution is 2.26. The second kappa shape index (κ2) is 6.45. The van der Waals surface area contributed by atoms with Crippen molar-refractivity contribution in [2.45, 2.75) is 25.9 Å². The zero-order valence-electron chi connectivity index (χ0n) is 12.3. The van der Waals surface area contributed by atoms with Crippen molar-refractivity contribution in [1.29, 1.82) is 0 Å². The van der Waals surface area contributed by atoms with Crippen LogP contribution in [-0.4, -0.2) is 47.3 Å². The van der Waals surface area contributed by atoms with Crippen LogP contribution >= 0.6 is 11.6 Å². The molecule has 1 fully saturated rings. The predicted octanol–water partition coefficient (Wildman–Crippen LogP) is 1.42. The SMILES string of the molecule is CCN1CCN(C(c2ccc(Cl)cc2)C(C)N)C(=O)C1=O. The van der Waals surface area contributed by atoms with Gasteiger partial charge in [-0.05, 0) is 31.5 Å². The van der Waals surface area contributed by atoms with Crippen LogP contribution in [0.3, 0.4) is 0 Å². The minimum Gasteiger partial charge on any atom is -0.333 e. The first-order valence-corrected chi connectivity index (χ1v) is 7.44. The molecule has 1 saturated heterocycles. The molecule has 1 aliphatic heterocycles. The third-order valence-corrected chi connectivity index (χ3v) is 4.02. The van der Waals surface area contributed by atoms with Gasteiger partial charge >= 0.3 is 11.8 Å². The molecule has 2 N–H and O–H groups in total.